The van der Waals surface area contributed by atoms with Crippen molar-refractivity contribution in [1.82, 2.24) is 15.3 Å². The average molecular weight is 1100 g/mol. The van der Waals surface area contributed by atoms with Crippen LogP contribution in [0.25, 0.3) is 11.1 Å². The first kappa shape index (κ1) is 60.0. The van der Waals surface area contributed by atoms with Gasteiger partial charge in [0.25, 0.3) is 0 Å². The molecule has 2 aromatic heterocycles. The number of nitrogens with one attached hydrogen (secondary N) is 1. The number of carboxylic acids is 2. The molecule has 0 saturated carbocycles. The van der Waals surface area contributed by atoms with E-state index in [0.717, 1.165) is 33.4 Å². The summed E-state index contributed by atoms with van der Waals surface area (Å²) in [6.45, 7) is 19.3. The average Bonchev–Trinajstić information content (AvgIpc) is 3.46. The van der Waals surface area contributed by atoms with E-state index in [2.05, 4.69) is 27.4 Å². The number of benzene rings is 4. The van der Waals surface area contributed by atoms with Crippen LogP contribution in [0.4, 0.5) is 0 Å². The molecular weight excluding hydrogens is 1030 g/mol. The van der Waals surface area contributed by atoms with Gasteiger partial charge in [0.2, 0.25) is 0 Å². The highest BCUT2D eigenvalue weighted by atomic mass is 35.5. The van der Waals surface area contributed by atoms with Gasteiger partial charge < -0.3 is 38.6 Å². The summed E-state index contributed by atoms with van der Waals surface area (Å²) in [6.07, 6.45) is 5.50. The summed E-state index contributed by atoms with van der Waals surface area (Å²) in [5, 5.41) is 43.0. The van der Waals surface area contributed by atoms with Crippen molar-refractivity contribution in [2.24, 2.45) is 5.92 Å². The minimum Gasteiger partial charge on any atom is -0.488 e. The molecule has 0 aliphatic carbocycles. The van der Waals surface area contributed by atoms with Gasteiger partial charge in [0.1, 0.15) is 67.6 Å². The molecule has 6 aromatic rings. The number of ether oxygens (including phenoxy) is 6. The lowest BCUT2D eigenvalue weighted by Gasteiger charge is -2.29. The van der Waals surface area contributed by atoms with Gasteiger partial charge in [-0.3, -0.25) is 24.9 Å². The number of carbonyl (C=O) groups is 2. The molecule has 0 aliphatic rings. The Kier molecular flexibility index (Phi) is 20.7. The third kappa shape index (κ3) is 16.9. The molecule has 3 N–H and O–H groups in total. The van der Waals surface area contributed by atoms with Crippen LogP contribution in [0.2, 0.25) is 10.0 Å². The van der Waals surface area contributed by atoms with Crippen molar-refractivity contribution < 1.29 is 48.2 Å². The molecule has 17 heteroatoms. The third-order valence-electron chi connectivity index (χ3n) is 12.8. The molecule has 6 rings (SSSR count). The zero-order valence-electron chi connectivity index (χ0n) is 45.7. The Bertz CT molecular complexity index is 2970. The van der Waals surface area contributed by atoms with Crippen molar-refractivity contribution >= 4 is 35.1 Å². The minimum atomic E-state index is -1.07. The Labute approximate surface area is 467 Å². The van der Waals surface area contributed by atoms with E-state index in [0.29, 0.717) is 67.8 Å². The first-order valence-electron chi connectivity index (χ1n) is 25.5. The largest absolute Gasteiger partial charge is 0.488 e. The number of aliphatic carboxylic acids is 2. The first-order valence-corrected chi connectivity index (χ1v) is 26.2. The van der Waals surface area contributed by atoms with E-state index in [1.807, 2.05) is 91.8 Å². The van der Waals surface area contributed by atoms with Gasteiger partial charge in [-0.15, -0.1) is 0 Å². The van der Waals surface area contributed by atoms with E-state index in [9.17, 15) is 30.3 Å². The van der Waals surface area contributed by atoms with Gasteiger partial charge in [-0.1, -0.05) is 59.6 Å². The van der Waals surface area contributed by atoms with E-state index in [1.54, 1.807) is 62.6 Å². The van der Waals surface area contributed by atoms with Crippen LogP contribution in [0, 0.1) is 42.4 Å². The molecule has 0 bridgehead atoms. The molecule has 0 fully saturated rings. The van der Waals surface area contributed by atoms with E-state index in [4.69, 9.17) is 51.6 Å². The summed E-state index contributed by atoms with van der Waals surface area (Å²) in [5.41, 5.74) is 7.97. The Balaban J connectivity index is 1.22. The first-order chi connectivity index (χ1) is 36.9. The predicted octanol–water partition coefficient (Wildman–Crippen LogP) is 12.7. The molecule has 410 valence electrons. The molecule has 2 heterocycles. The van der Waals surface area contributed by atoms with Crippen molar-refractivity contribution in [1.29, 1.82) is 10.5 Å². The molecule has 0 unspecified atom stereocenters. The molecule has 4 atom stereocenters. The molecule has 0 radical (unpaired) electrons. The third-order valence-corrected chi connectivity index (χ3v) is 13.3. The number of hydrogen-bond acceptors (Lipinski definition) is 13. The number of nitriles is 2. The summed E-state index contributed by atoms with van der Waals surface area (Å²) in [4.78, 5) is 33.2. The van der Waals surface area contributed by atoms with Crippen LogP contribution in [0.15, 0.2) is 97.6 Å². The van der Waals surface area contributed by atoms with E-state index < -0.39 is 47.3 Å². The van der Waals surface area contributed by atoms with Gasteiger partial charge in [0.05, 0.1) is 50.5 Å². The highest BCUT2D eigenvalue weighted by molar-refractivity contribution is 6.32. The highest BCUT2D eigenvalue weighted by Crippen LogP contribution is 2.38. The minimum absolute atomic E-state index is 0.0605. The summed E-state index contributed by atoms with van der Waals surface area (Å²) >= 11 is 13.9. The standard InChI is InChI=1S/C61H67Cl2N5O10/c1-36-45(34-75-55-23-53(73-32-42-19-40(25-64)27-66-29-42)44(21-51(55)62)17-18-50(58(69)70)38(3)77-60(5,6)7)13-11-15-48(36)49-16-12-14-46(37(49)2)35-76-56-24-54(74-33-43-20-41(26-65)28-67-30-43)47(22-52(56)63)31-68-57(59(71)72)39(4)78-61(8,9)10/h11-16,19-24,27-30,38-39,50,57,68H,17-18,31-35H2,1-10H3,(H,69,70)(H,71,72)/t38-,39-,50+,57+/m1/s1. The van der Waals surface area contributed by atoms with Gasteiger partial charge in [0.15, 0.2) is 0 Å². The van der Waals surface area contributed by atoms with Crippen molar-refractivity contribution in [2.45, 2.75) is 145 Å². The quantitative estimate of drug-likeness (QED) is 0.0486. The van der Waals surface area contributed by atoms with Crippen molar-refractivity contribution in [3.8, 4) is 46.3 Å². The van der Waals surface area contributed by atoms with E-state index in [1.165, 1.54) is 12.4 Å². The Morgan fingerprint density at radius 3 is 1.50 bits per heavy atom. The smallest absolute Gasteiger partial charge is 0.323 e. The summed E-state index contributed by atoms with van der Waals surface area (Å²) < 4.78 is 37.6. The van der Waals surface area contributed by atoms with Crippen molar-refractivity contribution in [2.75, 3.05) is 0 Å². The number of aromatic nitrogens is 2. The molecule has 78 heavy (non-hydrogen) atoms. The van der Waals surface area contributed by atoms with E-state index in [-0.39, 0.29) is 44.4 Å². The normalized spacial score (nSPS) is 13.1. The van der Waals surface area contributed by atoms with Crippen molar-refractivity contribution in [3.05, 3.63) is 163 Å². The number of carboxylic acid groups (broad SMARTS) is 2. The number of halogens is 2. The molecule has 0 saturated heterocycles. The Morgan fingerprint density at radius 2 is 1.05 bits per heavy atom. The van der Waals surface area contributed by atoms with Crippen molar-refractivity contribution in [3.63, 3.8) is 0 Å². The lowest BCUT2D eigenvalue weighted by molar-refractivity contribution is -0.152. The fraction of sp³-hybridized carbons (Fsp3) is 0.377. The summed E-state index contributed by atoms with van der Waals surface area (Å²) in [5.74, 6) is -1.29. The topological polar surface area (TPSA) is 215 Å². The maximum atomic E-state index is 12.5. The van der Waals surface area contributed by atoms with Gasteiger partial charge in [-0.25, -0.2) is 0 Å². The highest BCUT2D eigenvalue weighted by Gasteiger charge is 2.31. The van der Waals surface area contributed by atoms with Crippen LogP contribution >= 0.6 is 23.2 Å². The number of aryl methyl sites for hydroxylation is 1. The zero-order valence-corrected chi connectivity index (χ0v) is 47.2. The van der Waals surface area contributed by atoms with Gasteiger partial charge in [0, 0.05) is 60.2 Å². The van der Waals surface area contributed by atoms with Crippen LogP contribution in [-0.4, -0.2) is 61.6 Å². The second kappa shape index (κ2) is 26.9. The van der Waals surface area contributed by atoms with Gasteiger partial charge in [-0.2, -0.15) is 10.5 Å². The lowest BCUT2D eigenvalue weighted by Crippen LogP contribution is -2.47. The SMILES string of the molecule is Cc1c(COc2cc(OCc3cncc(C#N)c3)c(CC[C@H](C(=O)O)[C@@H](C)OC(C)(C)C)cc2Cl)cccc1-c1cccc(COc2cc(OCc3cncc(C#N)c3)c(CN[C@H](C(=O)O)[C@@H](C)OC(C)(C)C)cc2Cl)c1C. The maximum absolute atomic E-state index is 12.5. The second-order valence-corrected chi connectivity index (χ2v) is 21.9. The van der Waals surface area contributed by atoms with Gasteiger partial charge >= 0.3 is 11.9 Å². The van der Waals surface area contributed by atoms with Gasteiger partial charge in [-0.05, 0) is 145 Å². The number of hydrogen-bond donors (Lipinski definition) is 3. The predicted molar refractivity (Wildman–Crippen MR) is 298 cm³/mol. The Hall–Kier alpha value is -7.24. The second-order valence-electron chi connectivity index (χ2n) is 21.1. The molecule has 0 spiro atoms. The Morgan fingerprint density at radius 1 is 0.603 bits per heavy atom. The molecule has 0 aliphatic heterocycles. The molecular formula is C61H67Cl2N5O10. The number of nitrogens with zero attached hydrogens (tertiary/aromatic N) is 4. The lowest BCUT2D eigenvalue weighted by atomic mass is 9.92. The van der Waals surface area contributed by atoms with Crippen LogP contribution in [0.5, 0.6) is 23.0 Å². The summed E-state index contributed by atoms with van der Waals surface area (Å²) in [6, 6.07) is 25.3. The molecule has 4 aromatic carbocycles. The fourth-order valence-corrected chi connectivity index (χ4v) is 9.42. The van der Waals surface area contributed by atoms with E-state index >= 15 is 0 Å². The molecule has 0 amide bonds. The van der Waals surface area contributed by atoms with Crippen LogP contribution in [0.3, 0.4) is 0 Å². The summed E-state index contributed by atoms with van der Waals surface area (Å²) in [7, 11) is 0. The fourth-order valence-electron chi connectivity index (χ4n) is 8.94. The maximum Gasteiger partial charge on any atom is 0.323 e. The molecule has 15 nitrogen and oxygen atoms in total. The van der Waals surface area contributed by atoms with Crippen LogP contribution < -0.4 is 24.3 Å². The van der Waals surface area contributed by atoms with Crippen LogP contribution in [-0.2, 0) is 58.5 Å². The monoisotopic (exact) mass is 1100 g/mol. The van der Waals surface area contributed by atoms with Crippen LogP contribution in [0.1, 0.15) is 117 Å². The zero-order chi connectivity index (χ0) is 56.9. The number of rotatable bonds is 25. The number of pyridine rings is 2.